The summed E-state index contributed by atoms with van der Waals surface area (Å²) < 4.78 is 7.17. The third-order valence-electron chi connectivity index (χ3n) is 5.20. The van der Waals surface area contributed by atoms with Crippen LogP contribution in [0.25, 0.3) is 17.3 Å². The van der Waals surface area contributed by atoms with Crippen molar-refractivity contribution in [3.8, 4) is 17.0 Å². The van der Waals surface area contributed by atoms with Crippen LogP contribution in [0.2, 0.25) is 0 Å². The van der Waals surface area contributed by atoms with Crippen LogP contribution in [0.1, 0.15) is 16.7 Å². The molecule has 2 amide bonds. The van der Waals surface area contributed by atoms with Gasteiger partial charge in [-0.25, -0.2) is 0 Å². The molecule has 4 aromatic rings. The van der Waals surface area contributed by atoms with Crippen molar-refractivity contribution in [1.29, 1.82) is 0 Å². The average Bonchev–Trinajstić information content (AvgIpc) is 3.25. The van der Waals surface area contributed by atoms with Crippen LogP contribution in [0.4, 0.5) is 5.69 Å². The summed E-state index contributed by atoms with van der Waals surface area (Å²) in [6, 6.07) is 25.0. The maximum Gasteiger partial charge on any atom is 0.255 e. The van der Waals surface area contributed by atoms with Gasteiger partial charge in [-0.2, -0.15) is 5.10 Å². The summed E-state index contributed by atoms with van der Waals surface area (Å²) >= 11 is 0. The second kappa shape index (κ2) is 11.0. The highest BCUT2D eigenvalue weighted by Crippen LogP contribution is 2.24. The monoisotopic (exact) mass is 466 g/mol. The van der Waals surface area contributed by atoms with E-state index < -0.39 is 5.91 Å². The van der Waals surface area contributed by atoms with Gasteiger partial charge in [0.1, 0.15) is 5.75 Å². The quantitative estimate of drug-likeness (QED) is 0.357. The summed E-state index contributed by atoms with van der Waals surface area (Å²) in [4.78, 5) is 23.5. The van der Waals surface area contributed by atoms with Gasteiger partial charge in [-0.15, -0.1) is 0 Å². The Labute approximate surface area is 203 Å². The molecule has 0 fully saturated rings. The second-order valence-electron chi connectivity index (χ2n) is 8.09. The van der Waals surface area contributed by atoms with E-state index in [1.807, 2.05) is 60.3 Å². The smallest absolute Gasteiger partial charge is 0.255 e. The first-order valence-electron chi connectivity index (χ1n) is 11.1. The summed E-state index contributed by atoms with van der Waals surface area (Å²) in [6.07, 6.45) is 5.16. The summed E-state index contributed by atoms with van der Waals surface area (Å²) in [7, 11) is 0. The van der Waals surface area contributed by atoms with Crippen LogP contribution in [0, 0.1) is 6.92 Å². The number of hydrogen-bond donors (Lipinski definition) is 2. The van der Waals surface area contributed by atoms with Crippen molar-refractivity contribution in [1.82, 2.24) is 9.78 Å². The van der Waals surface area contributed by atoms with Crippen LogP contribution >= 0.6 is 0 Å². The molecule has 3 aromatic carbocycles. The lowest BCUT2D eigenvalue weighted by Crippen LogP contribution is -2.20. The van der Waals surface area contributed by atoms with Crippen molar-refractivity contribution in [3.63, 3.8) is 0 Å². The molecule has 0 bridgehead atoms. The summed E-state index contributed by atoms with van der Waals surface area (Å²) in [5.41, 5.74) is 10.6. The molecule has 7 heteroatoms. The number of amides is 2. The number of hydrogen-bond acceptors (Lipinski definition) is 4. The van der Waals surface area contributed by atoms with Crippen LogP contribution < -0.4 is 15.8 Å². The van der Waals surface area contributed by atoms with E-state index in [-0.39, 0.29) is 12.5 Å². The highest BCUT2D eigenvalue weighted by molar-refractivity contribution is 6.02. The van der Waals surface area contributed by atoms with E-state index in [4.69, 9.17) is 15.6 Å². The van der Waals surface area contributed by atoms with Gasteiger partial charge in [0.25, 0.3) is 5.91 Å². The zero-order valence-electron chi connectivity index (χ0n) is 19.3. The number of aryl methyl sites for hydroxylation is 1. The maximum absolute atomic E-state index is 12.6. The Balaban J connectivity index is 1.53. The first-order chi connectivity index (χ1) is 17.0. The summed E-state index contributed by atoms with van der Waals surface area (Å²) in [6.45, 7) is 2.43. The molecule has 1 aromatic heterocycles. The van der Waals surface area contributed by atoms with Gasteiger partial charge in [0, 0.05) is 35.2 Å². The van der Waals surface area contributed by atoms with Gasteiger partial charge in [-0.1, -0.05) is 66.2 Å². The van der Waals surface area contributed by atoms with Gasteiger partial charge in [-0.3, -0.25) is 14.3 Å². The van der Waals surface area contributed by atoms with Crippen molar-refractivity contribution >= 4 is 23.6 Å². The van der Waals surface area contributed by atoms with Crippen LogP contribution in [0.15, 0.2) is 91.1 Å². The van der Waals surface area contributed by atoms with Crippen molar-refractivity contribution in [2.75, 3.05) is 11.9 Å². The number of nitrogens with two attached hydrogens (primary N) is 1. The number of anilines is 1. The third-order valence-corrected chi connectivity index (χ3v) is 5.20. The van der Waals surface area contributed by atoms with Gasteiger partial charge in [0.2, 0.25) is 5.91 Å². The molecule has 0 radical (unpaired) electrons. The van der Waals surface area contributed by atoms with Crippen LogP contribution in [-0.4, -0.2) is 28.2 Å². The molecule has 1 heterocycles. The van der Waals surface area contributed by atoms with E-state index in [2.05, 4.69) is 17.4 Å². The van der Waals surface area contributed by atoms with Crippen molar-refractivity contribution in [3.05, 3.63) is 108 Å². The first kappa shape index (κ1) is 23.5. The normalized spacial score (nSPS) is 10.9. The lowest BCUT2D eigenvalue weighted by atomic mass is 10.1. The highest BCUT2D eigenvalue weighted by atomic mass is 16.5. The fraction of sp³-hybridized carbons (Fsp3) is 0.107. The number of aromatic nitrogens is 2. The molecule has 0 saturated heterocycles. The molecule has 0 aliphatic rings. The molecule has 7 nitrogen and oxygen atoms in total. The van der Waals surface area contributed by atoms with E-state index in [1.165, 1.54) is 6.08 Å². The first-order valence-corrected chi connectivity index (χ1v) is 11.1. The molecule has 35 heavy (non-hydrogen) atoms. The van der Waals surface area contributed by atoms with Gasteiger partial charge >= 0.3 is 0 Å². The van der Waals surface area contributed by atoms with Crippen molar-refractivity contribution in [2.24, 2.45) is 5.73 Å². The number of ether oxygens (including phenoxy) is 1. The minimum Gasteiger partial charge on any atom is -0.484 e. The minimum atomic E-state index is -0.570. The fourth-order valence-electron chi connectivity index (χ4n) is 3.51. The molecule has 0 aliphatic carbocycles. The largest absolute Gasteiger partial charge is 0.484 e. The molecule has 0 aliphatic heterocycles. The maximum atomic E-state index is 12.6. The SMILES string of the molecule is Cc1ccc(-c2nn(Cc3ccccc3)cc2/C=C/C(=O)Nc2cccc(OCC(N)=O)c2)cc1. The average molecular weight is 467 g/mol. The predicted molar refractivity (Wildman–Crippen MR) is 137 cm³/mol. The lowest BCUT2D eigenvalue weighted by Gasteiger charge is -2.06. The van der Waals surface area contributed by atoms with Crippen LogP contribution in [0.3, 0.4) is 0 Å². The number of rotatable bonds is 9. The second-order valence-corrected chi connectivity index (χ2v) is 8.09. The topological polar surface area (TPSA) is 99.2 Å². The van der Waals surface area contributed by atoms with Gasteiger partial charge < -0.3 is 15.8 Å². The minimum absolute atomic E-state index is 0.230. The molecular weight excluding hydrogens is 440 g/mol. The molecule has 176 valence electrons. The zero-order valence-corrected chi connectivity index (χ0v) is 19.3. The standard InChI is InChI=1S/C28H26N4O3/c1-20-10-12-22(13-11-20)28-23(18-32(31-28)17-21-6-3-2-4-7-21)14-15-27(34)30-24-8-5-9-25(16-24)35-19-26(29)33/h2-16,18H,17,19H2,1H3,(H2,29,33)(H,30,34)/b15-14+. The molecule has 0 spiro atoms. The van der Waals surface area contributed by atoms with E-state index in [1.54, 1.807) is 30.3 Å². The number of nitrogens with one attached hydrogen (secondary N) is 1. The molecule has 4 rings (SSSR count). The van der Waals surface area contributed by atoms with Gasteiger partial charge in [0.15, 0.2) is 6.61 Å². The van der Waals surface area contributed by atoms with Crippen molar-refractivity contribution < 1.29 is 14.3 Å². The Bertz CT molecular complexity index is 1340. The third kappa shape index (κ3) is 6.68. The summed E-state index contributed by atoms with van der Waals surface area (Å²) in [5.74, 6) is -0.434. The van der Waals surface area contributed by atoms with E-state index in [9.17, 15) is 9.59 Å². The van der Waals surface area contributed by atoms with Crippen molar-refractivity contribution in [2.45, 2.75) is 13.5 Å². The van der Waals surface area contributed by atoms with E-state index in [0.29, 0.717) is 18.0 Å². The fourth-order valence-corrected chi connectivity index (χ4v) is 3.51. The highest BCUT2D eigenvalue weighted by Gasteiger charge is 2.11. The Morgan fingerprint density at radius 3 is 2.54 bits per heavy atom. The Kier molecular flexibility index (Phi) is 7.37. The Hall–Kier alpha value is -4.65. The number of primary amides is 1. The lowest BCUT2D eigenvalue weighted by molar-refractivity contribution is -0.120. The number of nitrogens with zero attached hydrogens (tertiary/aromatic N) is 2. The van der Waals surface area contributed by atoms with E-state index >= 15 is 0 Å². The number of benzene rings is 3. The van der Waals surface area contributed by atoms with Crippen LogP contribution in [0.5, 0.6) is 5.75 Å². The summed E-state index contributed by atoms with van der Waals surface area (Å²) in [5, 5.41) is 7.60. The van der Waals surface area contributed by atoms with Crippen LogP contribution in [-0.2, 0) is 16.1 Å². The molecular formula is C28H26N4O3. The van der Waals surface area contributed by atoms with Gasteiger partial charge in [-0.05, 0) is 30.7 Å². The molecule has 0 atom stereocenters. The zero-order chi connectivity index (χ0) is 24.6. The number of carbonyl (C=O) groups excluding carboxylic acids is 2. The Morgan fingerprint density at radius 1 is 1.03 bits per heavy atom. The van der Waals surface area contributed by atoms with Gasteiger partial charge in [0.05, 0.1) is 12.2 Å². The molecule has 0 saturated carbocycles. The van der Waals surface area contributed by atoms with E-state index in [0.717, 1.165) is 27.9 Å². The number of carbonyl (C=O) groups is 2. The Morgan fingerprint density at radius 2 is 1.80 bits per heavy atom. The molecule has 3 N–H and O–H groups in total. The molecule has 0 unspecified atom stereocenters. The predicted octanol–water partition coefficient (Wildman–Crippen LogP) is 4.42.